The van der Waals surface area contributed by atoms with E-state index in [1.165, 1.54) is 11.9 Å². The first-order valence-corrected chi connectivity index (χ1v) is 13.4. The number of benzene rings is 1. The Kier molecular flexibility index (Phi) is 10.4. The van der Waals surface area contributed by atoms with Crippen molar-refractivity contribution >= 4 is 41.0 Å². The number of carbonyl (C=O) groups excluding carboxylic acids is 1. The molecular weight excluding hydrogens is 534 g/mol. The zero-order chi connectivity index (χ0) is 28.3. The summed E-state index contributed by atoms with van der Waals surface area (Å²) in [5.41, 5.74) is 8.48. The number of nitrogen functional groups attached to an aromatic ring is 1. The van der Waals surface area contributed by atoms with Crippen molar-refractivity contribution in [1.29, 1.82) is 0 Å². The number of halogens is 1. The molecule has 6 N–H and O–H groups in total. The molecule has 4 rings (SSSR count). The number of anilines is 2. The lowest BCUT2D eigenvalue weighted by Crippen LogP contribution is -2.44. The van der Waals surface area contributed by atoms with Gasteiger partial charge in [-0.2, -0.15) is 0 Å². The number of rotatable bonds is 9. The SMILES string of the molecule is CC(C)N(CCCNC(=O)Nc1ccc(C(C)(C)C)cc1)C[C@@H]1O[C@H](n2ccc3c(N)ncnc32)[C@@H](O)[C@H]1O.Cl. The number of aliphatic hydroxyl groups excluding tert-OH is 2. The van der Waals surface area contributed by atoms with E-state index in [0.717, 1.165) is 5.69 Å². The molecule has 1 fully saturated rings. The summed E-state index contributed by atoms with van der Waals surface area (Å²) in [6.45, 7) is 12.2. The lowest BCUT2D eigenvalue weighted by molar-refractivity contribution is -0.0465. The molecule has 2 amide bonds. The average molecular weight is 576 g/mol. The van der Waals surface area contributed by atoms with Gasteiger partial charge in [-0.1, -0.05) is 32.9 Å². The quantitative estimate of drug-likeness (QED) is 0.244. The molecule has 2 aromatic heterocycles. The first kappa shape index (κ1) is 31.6. The Labute approximate surface area is 241 Å². The minimum atomic E-state index is -1.13. The Morgan fingerprint density at radius 1 is 1.15 bits per heavy atom. The predicted molar refractivity (Wildman–Crippen MR) is 159 cm³/mol. The topological polar surface area (TPSA) is 151 Å². The molecule has 12 heteroatoms. The van der Waals surface area contributed by atoms with Gasteiger partial charge in [0, 0.05) is 37.6 Å². The van der Waals surface area contributed by atoms with Gasteiger partial charge < -0.3 is 35.9 Å². The average Bonchev–Trinajstić information content (AvgIpc) is 3.42. The number of aliphatic hydroxyl groups is 2. The fraction of sp³-hybridized carbons (Fsp3) is 0.536. The van der Waals surface area contributed by atoms with Crippen LogP contribution < -0.4 is 16.4 Å². The van der Waals surface area contributed by atoms with E-state index in [9.17, 15) is 15.0 Å². The largest absolute Gasteiger partial charge is 0.387 e. The number of urea groups is 1. The summed E-state index contributed by atoms with van der Waals surface area (Å²) in [5, 5.41) is 28.0. The van der Waals surface area contributed by atoms with Crippen LogP contribution in [0.1, 0.15) is 52.8 Å². The van der Waals surface area contributed by atoms with Crippen molar-refractivity contribution in [2.24, 2.45) is 0 Å². The van der Waals surface area contributed by atoms with Gasteiger partial charge in [0.25, 0.3) is 0 Å². The number of fused-ring (bicyclic) bond motifs is 1. The maximum Gasteiger partial charge on any atom is 0.319 e. The van der Waals surface area contributed by atoms with E-state index in [4.69, 9.17) is 10.5 Å². The van der Waals surface area contributed by atoms with Crippen LogP contribution in [0.2, 0.25) is 0 Å². The lowest BCUT2D eigenvalue weighted by atomic mass is 9.87. The molecule has 0 radical (unpaired) electrons. The van der Waals surface area contributed by atoms with Crippen molar-refractivity contribution in [3.8, 4) is 0 Å². The smallest absolute Gasteiger partial charge is 0.319 e. The Balaban J connectivity index is 0.00000441. The van der Waals surface area contributed by atoms with Crippen molar-refractivity contribution in [3.05, 3.63) is 48.4 Å². The third-order valence-electron chi connectivity index (χ3n) is 7.21. The molecule has 1 aliphatic rings. The highest BCUT2D eigenvalue weighted by Crippen LogP contribution is 2.33. The Bertz CT molecular complexity index is 1260. The van der Waals surface area contributed by atoms with Gasteiger partial charge in [-0.3, -0.25) is 4.90 Å². The number of nitrogens with zero attached hydrogens (tertiary/aromatic N) is 4. The monoisotopic (exact) mass is 575 g/mol. The van der Waals surface area contributed by atoms with Crippen LogP contribution in [-0.2, 0) is 10.2 Å². The van der Waals surface area contributed by atoms with Crippen molar-refractivity contribution in [2.75, 3.05) is 30.7 Å². The van der Waals surface area contributed by atoms with Gasteiger partial charge in [-0.05, 0) is 49.4 Å². The summed E-state index contributed by atoms with van der Waals surface area (Å²) in [4.78, 5) is 22.8. The van der Waals surface area contributed by atoms with Crippen LogP contribution in [0, 0.1) is 0 Å². The van der Waals surface area contributed by atoms with Crippen molar-refractivity contribution in [3.63, 3.8) is 0 Å². The van der Waals surface area contributed by atoms with E-state index in [-0.39, 0.29) is 29.9 Å². The number of hydrogen-bond acceptors (Lipinski definition) is 8. The van der Waals surface area contributed by atoms with E-state index in [1.807, 2.05) is 24.3 Å². The molecular formula is C28H42ClN7O4. The van der Waals surface area contributed by atoms with Crippen molar-refractivity contribution in [1.82, 2.24) is 24.8 Å². The Morgan fingerprint density at radius 3 is 2.50 bits per heavy atom. The van der Waals surface area contributed by atoms with Crippen LogP contribution in [0.4, 0.5) is 16.3 Å². The second kappa shape index (κ2) is 13.1. The highest BCUT2D eigenvalue weighted by molar-refractivity contribution is 5.89. The second-order valence-electron chi connectivity index (χ2n) is 11.4. The fourth-order valence-electron chi connectivity index (χ4n) is 4.81. The summed E-state index contributed by atoms with van der Waals surface area (Å²) in [6.07, 6.45) is 0.210. The van der Waals surface area contributed by atoms with Crippen LogP contribution in [0.25, 0.3) is 11.0 Å². The number of nitrogens with two attached hydrogens (primary N) is 1. The number of aromatic nitrogens is 3. The number of hydrogen-bond donors (Lipinski definition) is 5. The molecule has 3 aromatic rings. The summed E-state index contributed by atoms with van der Waals surface area (Å²) in [6, 6.07) is 9.57. The van der Waals surface area contributed by atoms with Crippen LogP contribution in [0.15, 0.2) is 42.9 Å². The molecule has 11 nitrogen and oxygen atoms in total. The van der Waals surface area contributed by atoms with Gasteiger partial charge in [0.1, 0.15) is 36.1 Å². The third kappa shape index (κ3) is 7.21. The molecule has 1 aliphatic heterocycles. The molecule has 0 spiro atoms. The molecule has 4 atom stereocenters. The highest BCUT2D eigenvalue weighted by Gasteiger charge is 2.44. The molecule has 220 valence electrons. The van der Waals surface area contributed by atoms with E-state index >= 15 is 0 Å². The fourth-order valence-corrected chi connectivity index (χ4v) is 4.81. The number of ether oxygens (including phenoxy) is 1. The zero-order valence-corrected chi connectivity index (χ0v) is 24.6. The van der Waals surface area contributed by atoms with Crippen LogP contribution in [0.3, 0.4) is 0 Å². The lowest BCUT2D eigenvalue weighted by Gasteiger charge is -2.30. The maximum atomic E-state index is 12.4. The van der Waals surface area contributed by atoms with Gasteiger partial charge >= 0.3 is 6.03 Å². The van der Waals surface area contributed by atoms with Crippen LogP contribution >= 0.6 is 12.4 Å². The highest BCUT2D eigenvalue weighted by atomic mass is 35.5. The van der Waals surface area contributed by atoms with Gasteiger partial charge in [-0.25, -0.2) is 14.8 Å². The Morgan fingerprint density at radius 2 is 1.85 bits per heavy atom. The van der Waals surface area contributed by atoms with Crippen LogP contribution in [0.5, 0.6) is 0 Å². The Hall–Kier alpha value is -2.96. The summed E-state index contributed by atoms with van der Waals surface area (Å²) in [7, 11) is 0. The first-order chi connectivity index (χ1) is 18.5. The standard InChI is InChI=1S/C28H41N7O4.ClH/c1-17(2)34(13-6-12-30-27(38)33-19-9-7-18(8-10-19)28(3,4)5)15-21-22(36)23(37)26(39-21)35-14-11-20-24(29)31-16-32-25(20)35;/h7-11,14,16-17,21-23,26,36-37H,6,12-13,15H2,1-5H3,(H2,29,31,32)(H2,30,33,38);1H/t21-,22-,23-,26-;/m0./s1. The predicted octanol–water partition coefficient (Wildman–Crippen LogP) is 3.27. The summed E-state index contributed by atoms with van der Waals surface area (Å²) < 4.78 is 7.82. The molecule has 40 heavy (non-hydrogen) atoms. The zero-order valence-electron chi connectivity index (χ0n) is 23.7. The number of amides is 2. The van der Waals surface area contributed by atoms with Gasteiger partial charge in [0.15, 0.2) is 6.23 Å². The first-order valence-electron chi connectivity index (χ1n) is 13.4. The number of carbonyl (C=O) groups is 1. The van der Waals surface area contributed by atoms with Gasteiger partial charge in [0.2, 0.25) is 0 Å². The molecule has 0 bridgehead atoms. The molecule has 0 unspecified atom stereocenters. The summed E-state index contributed by atoms with van der Waals surface area (Å²) in [5.74, 6) is 0.343. The second-order valence-corrected chi connectivity index (χ2v) is 11.4. The van der Waals surface area contributed by atoms with E-state index < -0.39 is 24.5 Å². The maximum absolute atomic E-state index is 12.4. The molecule has 0 aliphatic carbocycles. The van der Waals surface area contributed by atoms with E-state index in [0.29, 0.717) is 42.9 Å². The van der Waals surface area contributed by atoms with Crippen LogP contribution in [-0.4, -0.2) is 79.7 Å². The third-order valence-corrected chi connectivity index (χ3v) is 7.21. The number of nitrogens with one attached hydrogen (secondary N) is 2. The normalized spacial score (nSPS) is 21.1. The molecule has 3 heterocycles. The molecule has 1 aromatic carbocycles. The summed E-state index contributed by atoms with van der Waals surface area (Å²) >= 11 is 0. The van der Waals surface area contributed by atoms with Gasteiger partial charge in [-0.15, -0.1) is 12.4 Å². The van der Waals surface area contributed by atoms with Gasteiger partial charge in [0.05, 0.1) is 5.39 Å². The molecule has 1 saturated heterocycles. The van der Waals surface area contributed by atoms with Crippen molar-refractivity contribution < 1.29 is 19.7 Å². The van der Waals surface area contributed by atoms with E-state index in [1.54, 1.807) is 16.8 Å². The minimum Gasteiger partial charge on any atom is -0.387 e. The minimum absolute atomic E-state index is 0. The molecule has 0 saturated carbocycles. The van der Waals surface area contributed by atoms with Crippen molar-refractivity contribution in [2.45, 2.75) is 77.0 Å². The van der Waals surface area contributed by atoms with E-state index in [2.05, 4.69) is 60.1 Å².